The first-order valence-corrected chi connectivity index (χ1v) is 6.37. The number of hydrogen-bond donors (Lipinski definition) is 1. The molecule has 1 fully saturated rings. The van der Waals surface area contributed by atoms with Crippen LogP contribution >= 0.6 is 0 Å². The van der Waals surface area contributed by atoms with Crippen LogP contribution in [-0.2, 0) is 10.3 Å². The summed E-state index contributed by atoms with van der Waals surface area (Å²) in [7, 11) is 0. The van der Waals surface area contributed by atoms with Crippen LogP contribution in [0.15, 0.2) is 42.7 Å². The fourth-order valence-electron chi connectivity index (χ4n) is 2.97. The molecule has 0 saturated heterocycles. The summed E-state index contributed by atoms with van der Waals surface area (Å²) in [5, 5.41) is 17.3. The molecule has 2 aromatic rings. The summed E-state index contributed by atoms with van der Waals surface area (Å²) in [5.41, 5.74) is 0.252. The van der Waals surface area contributed by atoms with Gasteiger partial charge in [-0.3, -0.25) is 0 Å². The van der Waals surface area contributed by atoms with E-state index in [-0.39, 0.29) is 5.92 Å². The minimum Gasteiger partial charge on any atom is -0.479 e. The van der Waals surface area contributed by atoms with Gasteiger partial charge in [-0.2, -0.15) is 0 Å². The molecule has 0 radical (unpaired) electrons. The molecule has 1 aromatic heterocycles. The van der Waals surface area contributed by atoms with Gasteiger partial charge in [0.15, 0.2) is 5.54 Å². The smallest absolute Gasteiger partial charge is 0.331 e. The number of carboxylic acids is 1. The number of carboxylic acid groups (broad SMARTS) is 1. The highest BCUT2D eigenvalue weighted by Crippen LogP contribution is 2.45. The molecule has 1 aromatic carbocycles. The highest BCUT2D eigenvalue weighted by atomic mass is 16.4. The predicted molar refractivity (Wildman–Crippen MR) is 68.7 cm³/mol. The maximum absolute atomic E-state index is 11.7. The SMILES string of the molecule is O=C(O)C1(n2ccnn2)CCC(c2ccccc2)C1. The Hall–Kier alpha value is -2.17. The summed E-state index contributed by atoms with van der Waals surface area (Å²) in [6, 6.07) is 10.1. The van der Waals surface area contributed by atoms with Crippen LogP contribution in [0, 0.1) is 0 Å². The Morgan fingerprint density at radius 2 is 2.16 bits per heavy atom. The minimum absolute atomic E-state index is 0.265. The summed E-state index contributed by atoms with van der Waals surface area (Å²) >= 11 is 0. The first kappa shape index (κ1) is 11.9. The van der Waals surface area contributed by atoms with Crippen molar-refractivity contribution in [2.45, 2.75) is 30.7 Å². The highest BCUT2D eigenvalue weighted by molar-refractivity contribution is 5.77. The number of aliphatic carboxylic acids is 1. The van der Waals surface area contributed by atoms with Gasteiger partial charge in [-0.05, 0) is 30.7 Å². The van der Waals surface area contributed by atoms with Gasteiger partial charge < -0.3 is 5.11 Å². The van der Waals surface area contributed by atoms with Crippen LogP contribution in [0.1, 0.15) is 30.7 Å². The number of hydrogen-bond acceptors (Lipinski definition) is 3. The lowest BCUT2D eigenvalue weighted by Gasteiger charge is -2.24. The van der Waals surface area contributed by atoms with Crippen LogP contribution in [0.2, 0.25) is 0 Å². The van der Waals surface area contributed by atoms with Crippen LogP contribution < -0.4 is 0 Å². The Bertz CT molecular complexity index is 568. The van der Waals surface area contributed by atoms with Gasteiger partial charge in [0.2, 0.25) is 0 Å². The lowest BCUT2D eigenvalue weighted by molar-refractivity contribution is -0.148. The molecule has 5 heteroatoms. The van der Waals surface area contributed by atoms with Gasteiger partial charge in [0.05, 0.1) is 6.20 Å². The molecule has 3 rings (SSSR count). The molecule has 5 nitrogen and oxygen atoms in total. The zero-order valence-corrected chi connectivity index (χ0v) is 10.4. The zero-order valence-electron chi connectivity index (χ0n) is 10.4. The third kappa shape index (κ3) is 1.91. The molecular weight excluding hydrogens is 242 g/mol. The third-order valence-electron chi connectivity index (χ3n) is 4.02. The van der Waals surface area contributed by atoms with E-state index in [0.29, 0.717) is 12.8 Å². The van der Waals surface area contributed by atoms with Crippen molar-refractivity contribution in [3.8, 4) is 0 Å². The molecule has 1 N–H and O–H groups in total. The zero-order chi connectivity index (χ0) is 13.3. The normalized spacial score (nSPS) is 26.4. The van der Waals surface area contributed by atoms with Gasteiger partial charge in [-0.1, -0.05) is 35.5 Å². The molecule has 19 heavy (non-hydrogen) atoms. The second-order valence-corrected chi connectivity index (χ2v) is 5.03. The number of aromatic nitrogens is 3. The Morgan fingerprint density at radius 1 is 1.37 bits per heavy atom. The second-order valence-electron chi connectivity index (χ2n) is 5.03. The lowest BCUT2D eigenvalue weighted by atomic mass is 9.92. The van der Waals surface area contributed by atoms with Gasteiger partial charge in [0.1, 0.15) is 0 Å². The predicted octanol–water partition coefficient (Wildman–Crippen LogP) is 2.03. The monoisotopic (exact) mass is 257 g/mol. The highest BCUT2D eigenvalue weighted by Gasteiger charge is 2.48. The number of carbonyl (C=O) groups is 1. The molecular formula is C14H15N3O2. The van der Waals surface area contributed by atoms with E-state index in [1.165, 1.54) is 16.4 Å². The fourth-order valence-corrected chi connectivity index (χ4v) is 2.97. The van der Waals surface area contributed by atoms with Crippen LogP contribution in [0.5, 0.6) is 0 Å². The summed E-state index contributed by atoms with van der Waals surface area (Å²) in [4.78, 5) is 11.7. The number of benzene rings is 1. The molecule has 1 aliphatic carbocycles. The van der Waals surface area contributed by atoms with Crippen LogP contribution in [0.4, 0.5) is 0 Å². The van der Waals surface area contributed by atoms with E-state index in [4.69, 9.17) is 0 Å². The molecule has 0 bridgehead atoms. The summed E-state index contributed by atoms with van der Waals surface area (Å²) in [5.74, 6) is -0.557. The van der Waals surface area contributed by atoms with Crippen molar-refractivity contribution in [1.82, 2.24) is 15.0 Å². The van der Waals surface area contributed by atoms with Gasteiger partial charge in [-0.15, -0.1) is 5.10 Å². The topological polar surface area (TPSA) is 68.0 Å². The summed E-state index contributed by atoms with van der Waals surface area (Å²) in [6.45, 7) is 0. The summed E-state index contributed by atoms with van der Waals surface area (Å²) < 4.78 is 1.50. The van der Waals surface area contributed by atoms with Crippen molar-refractivity contribution in [2.75, 3.05) is 0 Å². The third-order valence-corrected chi connectivity index (χ3v) is 4.02. The Balaban J connectivity index is 1.92. The average Bonchev–Trinajstić information content (AvgIpc) is 3.10. The molecule has 98 valence electrons. The first-order valence-electron chi connectivity index (χ1n) is 6.37. The van der Waals surface area contributed by atoms with Gasteiger partial charge in [-0.25, -0.2) is 9.48 Å². The molecule has 1 aliphatic rings. The molecule has 2 unspecified atom stereocenters. The fraction of sp³-hybridized carbons (Fsp3) is 0.357. The van der Waals surface area contributed by atoms with Crippen LogP contribution in [0.25, 0.3) is 0 Å². The lowest BCUT2D eigenvalue weighted by Crippen LogP contribution is -2.40. The van der Waals surface area contributed by atoms with E-state index in [1.807, 2.05) is 18.2 Å². The van der Waals surface area contributed by atoms with Gasteiger partial charge in [0.25, 0.3) is 0 Å². The Kier molecular flexibility index (Phi) is 2.81. The maximum Gasteiger partial charge on any atom is 0.331 e. The standard InChI is InChI=1S/C14H15N3O2/c18-13(19)14(17-9-8-15-16-17)7-6-12(10-14)11-4-2-1-3-5-11/h1-5,8-9,12H,6-7,10H2,(H,18,19). The van der Waals surface area contributed by atoms with Crippen molar-refractivity contribution in [2.24, 2.45) is 0 Å². The largest absolute Gasteiger partial charge is 0.479 e. The van der Waals surface area contributed by atoms with Crippen LogP contribution in [-0.4, -0.2) is 26.1 Å². The molecule has 0 spiro atoms. The molecule has 1 saturated carbocycles. The minimum atomic E-state index is -0.947. The van der Waals surface area contributed by atoms with E-state index in [2.05, 4.69) is 22.4 Å². The van der Waals surface area contributed by atoms with Gasteiger partial charge in [0, 0.05) is 6.20 Å². The van der Waals surface area contributed by atoms with E-state index < -0.39 is 11.5 Å². The number of nitrogens with zero attached hydrogens (tertiary/aromatic N) is 3. The van der Waals surface area contributed by atoms with E-state index in [1.54, 1.807) is 6.20 Å². The van der Waals surface area contributed by atoms with Gasteiger partial charge >= 0.3 is 5.97 Å². The van der Waals surface area contributed by atoms with Crippen molar-refractivity contribution < 1.29 is 9.90 Å². The van der Waals surface area contributed by atoms with Crippen LogP contribution in [0.3, 0.4) is 0 Å². The van der Waals surface area contributed by atoms with Crippen molar-refractivity contribution in [3.05, 3.63) is 48.3 Å². The van der Waals surface area contributed by atoms with E-state index in [0.717, 1.165) is 6.42 Å². The van der Waals surface area contributed by atoms with E-state index in [9.17, 15) is 9.90 Å². The summed E-state index contributed by atoms with van der Waals surface area (Å²) in [6.07, 6.45) is 5.18. The average molecular weight is 257 g/mol. The van der Waals surface area contributed by atoms with Crippen molar-refractivity contribution in [3.63, 3.8) is 0 Å². The molecule has 1 heterocycles. The Morgan fingerprint density at radius 3 is 2.79 bits per heavy atom. The molecule has 0 amide bonds. The van der Waals surface area contributed by atoms with Crippen molar-refractivity contribution in [1.29, 1.82) is 0 Å². The maximum atomic E-state index is 11.7. The van der Waals surface area contributed by atoms with Crippen molar-refractivity contribution >= 4 is 5.97 Å². The second kappa shape index (κ2) is 4.50. The van der Waals surface area contributed by atoms with E-state index >= 15 is 0 Å². The quantitative estimate of drug-likeness (QED) is 0.913. The number of rotatable bonds is 3. The molecule has 2 atom stereocenters. The first-order chi connectivity index (χ1) is 9.22. The Labute approximate surface area is 110 Å². The molecule has 0 aliphatic heterocycles.